The van der Waals surface area contributed by atoms with Crippen LogP contribution in [0.1, 0.15) is 41.3 Å². The summed E-state index contributed by atoms with van der Waals surface area (Å²) in [5.74, 6) is 0.0294. The van der Waals surface area contributed by atoms with Gasteiger partial charge in [0, 0.05) is 7.05 Å². The number of likely N-dealkylation sites (N-methyl/N-ethyl adjacent to an activating group) is 1. The lowest BCUT2D eigenvalue weighted by Crippen LogP contribution is -2.32. The summed E-state index contributed by atoms with van der Waals surface area (Å²) in [4.78, 5) is 25.2. The minimum Gasteiger partial charge on any atom is -0.491 e. The van der Waals surface area contributed by atoms with Gasteiger partial charge < -0.3 is 14.7 Å². The van der Waals surface area contributed by atoms with Gasteiger partial charge in [0.1, 0.15) is 12.4 Å². The molecule has 0 bridgehead atoms. The summed E-state index contributed by atoms with van der Waals surface area (Å²) < 4.78 is 5.84. The zero-order chi connectivity index (χ0) is 19.1. The topological polar surface area (TPSA) is 66.8 Å². The van der Waals surface area contributed by atoms with E-state index in [1.165, 1.54) is 6.07 Å². The molecule has 0 saturated carbocycles. The van der Waals surface area contributed by atoms with Crippen molar-refractivity contribution in [2.75, 3.05) is 20.2 Å². The maximum absolute atomic E-state index is 12.4. The number of para-hydroxylation sites is 1. The van der Waals surface area contributed by atoms with Gasteiger partial charge in [-0.25, -0.2) is 4.79 Å². The van der Waals surface area contributed by atoms with E-state index in [4.69, 9.17) is 4.74 Å². The Balaban J connectivity index is 1.92. The lowest BCUT2D eigenvalue weighted by atomic mass is 10.0. The average Bonchev–Trinajstić information content (AvgIpc) is 2.62. The highest BCUT2D eigenvalue weighted by Gasteiger charge is 2.15. The number of hydrogen-bond acceptors (Lipinski definition) is 3. The third kappa shape index (κ3) is 5.09. The highest BCUT2D eigenvalue weighted by Crippen LogP contribution is 2.25. The fourth-order valence-electron chi connectivity index (χ4n) is 2.69. The molecule has 138 valence electrons. The number of carboxylic acid groups (broad SMARTS) is 1. The SMILES string of the molecule is CC(C)c1ccccc1OCCN(C)C(=O)Cc1ccccc1C(=O)O. The third-order valence-electron chi connectivity index (χ3n) is 4.24. The van der Waals surface area contributed by atoms with Gasteiger partial charge in [0.2, 0.25) is 5.91 Å². The zero-order valence-corrected chi connectivity index (χ0v) is 15.4. The second kappa shape index (κ2) is 9.04. The van der Waals surface area contributed by atoms with Gasteiger partial charge >= 0.3 is 5.97 Å². The van der Waals surface area contributed by atoms with Crippen LogP contribution in [0.5, 0.6) is 5.75 Å². The van der Waals surface area contributed by atoms with E-state index in [-0.39, 0.29) is 17.9 Å². The van der Waals surface area contributed by atoms with Crippen molar-refractivity contribution in [3.8, 4) is 5.75 Å². The van der Waals surface area contributed by atoms with Gasteiger partial charge in [-0.2, -0.15) is 0 Å². The molecule has 1 amide bonds. The maximum Gasteiger partial charge on any atom is 0.335 e. The number of carbonyl (C=O) groups is 2. The summed E-state index contributed by atoms with van der Waals surface area (Å²) in [6.07, 6.45) is 0.0571. The van der Waals surface area contributed by atoms with Gasteiger partial charge in [-0.3, -0.25) is 4.79 Å². The van der Waals surface area contributed by atoms with Gasteiger partial charge in [0.25, 0.3) is 0 Å². The molecule has 0 aliphatic carbocycles. The maximum atomic E-state index is 12.4. The molecule has 5 heteroatoms. The molecular formula is C21H25NO4. The van der Waals surface area contributed by atoms with Crippen molar-refractivity contribution in [1.82, 2.24) is 4.90 Å². The van der Waals surface area contributed by atoms with E-state index < -0.39 is 5.97 Å². The van der Waals surface area contributed by atoms with Crippen LogP contribution in [0.15, 0.2) is 48.5 Å². The number of carbonyl (C=O) groups excluding carboxylic acids is 1. The van der Waals surface area contributed by atoms with Crippen LogP contribution >= 0.6 is 0 Å². The van der Waals surface area contributed by atoms with Crippen molar-refractivity contribution in [3.05, 3.63) is 65.2 Å². The smallest absolute Gasteiger partial charge is 0.335 e. The Kier molecular flexibility index (Phi) is 6.78. The normalized spacial score (nSPS) is 10.6. The molecule has 0 aliphatic rings. The van der Waals surface area contributed by atoms with E-state index in [1.807, 2.05) is 24.3 Å². The largest absolute Gasteiger partial charge is 0.491 e. The van der Waals surface area contributed by atoms with E-state index in [1.54, 1.807) is 30.1 Å². The first-order chi connectivity index (χ1) is 12.4. The summed E-state index contributed by atoms with van der Waals surface area (Å²) in [5, 5.41) is 9.21. The van der Waals surface area contributed by atoms with E-state index in [2.05, 4.69) is 13.8 Å². The van der Waals surface area contributed by atoms with Gasteiger partial charge in [0.05, 0.1) is 18.5 Å². The average molecular weight is 355 g/mol. The first kappa shape index (κ1) is 19.5. The van der Waals surface area contributed by atoms with Gasteiger partial charge in [-0.15, -0.1) is 0 Å². The zero-order valence-electron chi connectivity index (χ0n) is 15.4. The molecule has 0 aliphatic heterocycles. The molecule has 0 aromatic heterocycles. The first-order valence-electron chi connectivity index (χ1n) is 8.67. The van der Waals surface area contributed by atoms with Crippen molar-refractivity contribution in [2.24, 2.45) is 0 Å². The second-order valence-corrected chi connectivity index (χ2v) is 6.50. The first-order valence-corrected chi connectivity index (χ1v) is 8.67. The van der Waals surface area contributed by atoms with E-state index >= 15 is 0 Å². The molecule has 0 saturated heterocycles. The van der Waals surface area contributed by atoms with Gasteiger partial charge in [-0.05, 0) is 29.2 Å². The number of carboxylic acids is 1. The molecule has 2 aromatic carbocycles. The monoisotopic (exact) mass is 355 g/mol. The summed E-state index contributed by atoms with van der Waals surface area (Å²) >= 11 is 0. The second-order valence-electron chi connectivity index (χ2n) is 6.50. The standard InChI is InChI=1S/C21H25NO4/c1-15(2)17-9-6-7-11-19(17)26-13-12-22(3)20(23)14-16-8-4-5-10-18(16)21(24)25/h4-11,15H,12-14H2,1-3H3,(H,24,25). The van der Waals surface area contributed by atoms with Crippen LogP contribution < -0.4 is 4.74 Å². The highest BCUT2D eigenvalue weighted by atomic mass is 16.5. The Bertz CT molecular complexity index is 770. The van der Waals surface area contributed by atoms with E-state index in [9.17, 15) is 14.7 Å². The van der Waals surface area contributed by atoms with Crippen molar-refractivity contribution in [1.29, 1.82) is 0 Å². The van der Waals surface area contributed by atoms with Gasteiger partial charge in [-0.1, -0.05) is 50.2 Å². The molecule has 26 heavy (non-hydrogen) atoms. The number of benzene rings is 2. The Hall–Kier alpha value is -2.82. The number of amides is 1. The molecular weight excluding hydrogens is 330 g/mol. The Morgan fingerprint density at radius 1 is 1.08 bits per heavy atom. The summed E-state index contributed by atoms with van der Waals surface area (Å²) in [5.41, 5.74) is 1.82. The fraction of sp³-hybridized carbons (Fsp3) is 0.333. The lowest BCUT2D eigenvalue weighted by molar-refractivity contribution is -0.129. The van der Waals surface area contributed by atoms with Crippen molar-refractivity contribution >= 4 is 11.9 Å². The van der Waals surface area contributed by atoms with E-state index in [0.29, 0.717) is 24.6 Å². The number of ether oxygens (including phenoxy) is 1. The predicted octanol–water partition coefficient (Wildman–Crippen LogP) is 3.59. The van der Waals surface area contributed by atoms with E-state index in [0.717, 1.165) is 11.3 Å². The quantitative estimate of drug-likeness (QED) is 0.786. The number of hydrogen-bond donors (Lipinski definition) is 1. The Labute approximate surface area is 154 Å². The Morgan fingerprint density at radius 2 is 1.73 bits per heavy atom. The number of rotatable bonds is 8. The lowest BCUT2D eigenvalue weighted by Gasteiger charge is -2.19. The minimum absolute atomic E-state index is 0.0571. The predicted molar refractivity (Wildman–Crippen MR) is 101 cm³/mol. The van der Waals surface area contributed by atoms with Crippen LogP contribution in [0.4, 0.5) is 0 Å². The van der Waals surface area contributed by atoms with Gasteiger partial charge in [0.15, 0.2) is 0 Å². The molecule has 0 heterocycles. The van der Waals surface area contributed by atoms with Crippen LogP contribution in [-0.2, 0) is 11.2 Å². The summed E-state index contributed by atoms with van der Waals surface area (Å²) in [6.45, 7) is 5.03. The molecule has 0 radical (unpaired) electrons. The van der Waals surface area contributed by atoms with Crippen LogP contribution in [0, 0.1) is 0 Å². The van der Waals surface area contributed by atoms with Crippen LogP contribution in [0.2, 0.25) is 0 Å². The van der Waals surface area contributed by atoms with Crippen molar-refractivity contribution in [2.45, 2.75) is 26.2 Å². The summed E-state index contributed by atoms with van der Waals surface area (Å²) in [6, 6.07) is 14.5. The summed E-state index contributed by atoms with van der Waals surface area (Å²) in [7, 11) is 1.70. The molecule has 2 rings (SSSR count). The molecule has 2 aromatic rings. The molecule has 0 unspecified atom stereocenters. The van der Waals surface area contributed by atoms with Crippen LogP contribution in [0.25, 0.3) is 0 Å². The number of nitrogens with zero attached hydrogens (tertiary/aromatic N) is 1. The molecule has 0 fully saturated rings. The van der Waals surface area contributed by atoms with Crippen LogP contribution in [0.3, 0.4) is 0 Å². The molecule has 5 nitrogen and oxygen atoms in total. The highest BCUT2D eigenvalue weighted by molar-refractivity contribution is 5.91. The minimum atomic E-state index is -1.02. The van der Waals surface area contributed by atoms with Crippen LogP contribution in [-0.4, -0.2) is 42.1 Å². The fourth-order valence-corrected chi connectivity index (χ4v) is 2.69. The molecule has 0 atom stereocenters. The third-order valence-corrected chi connectivity index (χ3v) is 4.24. The molecule has 0 spiro atoms. The Morgan fingerprint density at radius 3 is 2.42 bits per heavy atom. The number of aromatic carboxylic acids is 1. The van der Waals surface area contributed by atoms with Crippen molar-refractivity contribution < 1.29 is 19.4 Å². The van der Waals surface area contributed by atoms with Crippen molar-refractivity contribution in [3.63, 3.8) is 0 Å². The molecule has 1 N–H and O–H groups in total.